The number of hydrogen-bond acceptors (Lipinski definition) is 16. The summed E-state index contributed by atoms with van der Waals surface area (Å²) in [6, 6.07) is 0.190. The second kappa shape index (κ2) is 39.2. The van der Waals surface area contributed by atoms with Crippen LogP contribution in [0.4, 0.5) is 0 Å². The average Bonchev–Trinajstić information content (AvgIpc) is 1.17. The van der Waals surface area contributed by atoms with Crippen molar-refractivity contribution in [2.24, 2.45) is 45.9 Å². The number of guanidine groups is 1. The second-order valence-corrected chi connectivity index (χ2v) is 27.3. The highest BCUT2D eigenvalue weighted by Crippen LogP contribution is 2.42. The standard InChI is InChI=1S/C70H101N17O15/c1-39(2)30-51(62(95)80-50(20-12-28-75-70(72)73)69(102)87-29-13-21-56(87)67(100)77-36-57(71)91)84-68(101)60(59(42-14-6-4-7-15-42)43-16-8-5-9-17-43)86-65(98)52(31-41-22-24-46(90)25-23-41)81-66(99)55(37-88)85-63(96)53(32-44-34-76-48-19-11-10-18-47(44)48)82-64(97)54(33-45-35-74-38-78-45)83-61(94)49(79-40(3)89)26-27-58(92)93/h10-11,18-19,22-25,34-35,38-39,42-43,49-56,59-60,76,88,90H,4-9,12-17,20-21,26-33,36-37H2,1-3H3,(H2,71,91)(H,74,78)(H,77,100)(H,79,89)(H,80,95)(H,81,99)(H,82,97)(H,83,94)(H,84,101)(H,85,96)(H,86,98)(H,92,93)(H4,72,73,75)/t49-,50-,51-,52-,53-,54-,55-,56-,60+/m0/s1. The lowest BCUT2D eigenvalue weighted by Gasteiger charge is -2.42. The van der Waals surface area contributed by atoms with Gasteiger partial charge in [0.2, 0.25) is 65.0 Å². The molecule has 0 unspecified atom stereocenters. The Bertz CT molecular complexity index is 3530. The lowest BCUT2D eigenvalue weighted by Crippen LogP contribution is -2.63. The Labute approximate surface area is 591 Å². The summed E-state index contributed by atoms with van der Waals surface area (Å²) in [5, 5.41) is 55.9. The zero-order valence-electron chi connectivity index (χ0n) is 58.1. The minimum Gasteiger partial charge on any atom is -0.508 e. The second-order valence-electron chi connectivity index (χ2n) is 27.3. The summed E-state index contributed by atoms with van der Waals surface area (Å²) in [5.41, 5.74) is 18.5. The van der Waals surface area contributed by atoms with Gasteiger partial charge in [-0.25, -0.2) is 4.98 Å². The van der Waals surface area contributed by atoms with Gasteiger partial charge in [0, 0.05) is 74.7 Å². The molecule has 3 fully saturated rings. The van der Waals surface area contributed by atoms with Gasteiger partial charge >= 0.3 is 5.97 Å². The summed E-state index contributed by atoms with van der Waals surface area (Å²) >= 11 is 0. The number of aliphatic hydroxyl groups excluding tert-OH is 1. The number of benzene rings is 2. The van der Waals surface area contributed by atoms with Crippen LogP contribution < -0.4 is 65.1 Å². The number of hydrogen-bond donors (Lipinski definition) is 17. The minimum absolute atomic E-state index is 0.00886. The minimum atomic E-state index is -1.83. The molecule has 9 atom stereocenters. The van der Waals surface area contributed by atoms with E-state index in [0.29, 0.717) is 34.1 Å². The van der Waals surface area contributed by atoms with Gasteiger partial charge in [0.25, 0.3) is 0 Å². The Balaban J connectivity index is 1.20. The predicted molar refractivity (Wildman–Crippen MR) is 374 cm³/mol. The lowest BCUT2D eigenvalue weighted by atomic mass is 9.66. The number of likely N-dealkylation sites (tertiary alicyclic amines) is 1. The van der Waals surface area contributed by atoms with Gasteiger partial charge in [0.1, 0.15) is 60.1 Å². The third-order valence-electron chi connectivity index (χ3n) is 19.0. The quantitative estimate of drug-likeness (QED) is 0.0158. The molecule has 3 aliphatic rings. The normalized spacial score (nSPS) is 17.3. The number of nitrogens with one attached hydrogen (secondary N) is 11. The number of para-hydroxylation sites is 1. The number of aromatic amines is 2. The molecule has 20 N–H and O–H groups in total. The molecule has 0 radical (unpaired) electrons. The van der Waals surface area contributed by atoms with Crippen LogP contribution in [0.25, 0.3) is 10.9 Å². The molecule has 2 saturated carbocycles. The van der Waals surface area contributed by atoms with Crippen LogP contribution in [-0.2, 0) is 76.8 Å². The fraction of sp³-hybridized carbons (Fsp3) is 0.571. The zero-order chi connectivity index (χ0) is 74.0. The van der Waals surface area contributed by atoms with Gasteiger partial charge in [-0.05, 0) is 91.5 Å². The summed E-state index contributed by atoms with van der Waals surface area (Å²) < 4.78 is 0. The van der Waals surface area contributed by atoms with Crippen molar-refractivity contribution in [3.8, 4) is 5.75 Å². The third kappa shape index (κ3) is 24.0. The molecule has 0 spiro atoms. The van der Waals surface area contributed by atoms with E-state index in [1.807, 2.05) is 13.8 Å². The number of amides is 11. The molecule has 32 nitrogen and oxygen atoms in total. The summed E-state index contributed by atoms with van der Waals surface area (Å²) in [6.07, 6.45) is 12.0. The number of aliphatic imine (C=N–C) groups is 1. The SMILES string of the molecule is CC(=O)N[C@@H](CCC(=O)O)C(=O)N[C@@H](Cc1cnc[nH]1)C(=O)N[C@@H](Cc1c[nH]c2ccccc12)C(=O)N[C@@H](CO)C(=O)N[C@@H](Cc1ccc(O)cc1)C(=O)N[C@@H](C(=O)N[C@@H](CC(C)C)C(=O)N[C@@H](CCCN=C(N)N)C(=O)N1CCC[C@H]1C(=O)NCC(N)=O)C(C1CCCCC1)C1CCCCC1. The molecule has 2 aromatic carbocycles. The highest BCUT2D eigenvalue weighted by Gasteiger charge is 2.45. The number of aliphatic hydroxyl groups is 1. The van der Waals surface area contributed by atoms with Gasteiger partial charge in [-0.15, -0.1) is 0 Å². The molecule has 102 heavy (non-hydrogen) atoms. The molecule has 1 saturated heterocycles. The first-order valence-corrected chi connectivity index (χ1v) is 35.2. The number of aromatic hydroxyl groups is 1. The molecular formula is C70H101N17O15. The number of nitrogens with two attached hydrogens (primary N) is 3. The Kier molecular flexibility index (Phi) is 30.4. The largest absolute Gasteiger partial charge is 0.508 e. The fourth-order valence-corrected chi connectivity index (χ4v) is 14.0. The Hall–Kier alpha value is -10.1. The van der Waals surface area contributed by atoms with Crippen molar-refractivity contribution in [3.05, 3.63) is 84.1 Å². The molecule has 0 bridgehead atoms. The van der Waals surface area contributed by atoms with E-state index in [0.717, 1.165) is 71.1 Å². The first-order valence-electron chi connectivity index (χ1n) is 35.2. The van der Waals surface area contributed by atoms with E-state index in [9.17, 15) is 63.3 Å². The average molecular weight is 1420 g/mol. The van der Waals surface area contributed by atoms with Crippen LogP contribution in [0.5, 0.6) is 5.75 Å². The van der Waals surface area contributed by atoms with E-state index in [-0.39, 0.29) is 93.9 Å². The van der Waals surface area contributed by atoms with Crippen LogP contribution in [0, 0.1) is 23.7 Å². The molecule has 2 aliphatic carbocycles. The first kappa shape index (κ1) is 79.2. The molecular weight excluding hydrogens is 1320 g/mol. The number of aliphatic carboxylic acids is 1. The number of H-pyrrole nitrogens is 2. The van der Waals surface area contributed by atoms with E-state index < -0.39 is 151 Å². The van der Waals surface area contributed by atoms with E-state index in [1.165, 1.54) is 41.7 Å². The number of phenolic OH excluding ortho intramolecular Hbond substituents is 1. The number of carbonyl (C=O) groups excluding carboxylic acids is 11. The van der Waals surface area contributed by atoms with Crippen molar-refractivity contribution in [2.45, 2.75) is 204 Å². The maximum Gasteiger partial charge on any atom is 0.303 e. The number of imidazole rings is 1. The maximum absolute atomic E-state index is 15.8. The van der Waals surface area contributed by atoms with Crippen LogP contribution in [-0.4, -0.2) is 193 Å². The van der Waals surface area contributed by atoms with Gasteiger partial charge in [-0.2, -0.15) is 0 Å². The molecule has 1 aliphatic heterocycles. The number of phenols is 1. The van der Waals surface area contributed by atoms with Crippen LogP contribution in [0.3, 0.4) is 0 Å². The molecule has 11 amide bonds. The Morgan fingerprint density at radius 2 is 1.20 bits per heavy atom. The number of carbonyl (C=O) groups is 12. The number of primary amides is 1. The molecule has 556 valence electrons. The predicted octanol–water partition coefficient (Wildman–Crippen LogP) is -0.151. The van der Waals surface area contributed by atoms with Gasteiger partial charge in [0.15, 0.2) is 5.96 Å². The third-order valence-corrected chi connectivity index (χ3v) is 19.0. The van der Waals surface area contributed by atoms with E-state index in [1.54, 1.807) is 30.5 Å². The maximum atomic E-state index is 15.8. The van der Waals surface area contributed by atoms with Gasteiger partial charge in [-0.1, -0.05) is 108 Å². The van der Waals surface area contributed by atoms with Gasteiger partial charge < -0.3 is 95.2 Å². The Morgan fingerprint density at radius 1 is 0.627 bits per heavy atom. The van der Waals surface area contributed by atoms with Crippen molar-refractivity contribution in [3.63, 3.8) is 0 Å². The molecule has 32 heteroatoms. The van der Waals surface area contributed by atoms with Crippen LogP contribution >= 0.6 is 0 Å². The molecule has 7 rings (SSSR count). The van der Waals surface area contributed by atoms with Gasteiger partial charge in [-0.3, -0.25) is 62.5 Å². The van der Waals surface area contributed by atoms with E-state index >= 15 is 9.59 Å². The van der Waals surface area contributed by atoms with Gasteiger partial charge in [0.05, 0.1) is 19.5 Å². The summed E-state index contributed by atoms with van der Waals surface area (Å²) in [7, 11) is 0. The summed E-state index contributed by atoms with van der Waals surface area (Å²) in [5.74, 6) is -11.3. The van der Waals surface area contributed by atoms with E-state index in [2.05, 4.69) is 67.8 Å². The smallest absolute Gasteiger partial charge is 0.303 e. The number of fused-ring (bicyclic) bond motifs is 1. The van der Waals surface area contributed by atoms with Crippen molar-refractivity contribution < 1.29 is 72.9 Å². The number of rotatable bonds is 38. The lowest BCUT2D eigenvalue weighted by molar-refractivity contribution is -0.142. The Morgan fingerprint density at radius 3 is 1.78 bits per heavy atom. The fourth-order valence-electron chi connectivity index (χ4n) is 14.0. The monoisotopic (exact) mass is 1420 g/mol. The summed E-state index contributed by atoms with van der Waals surface area (Å²) in [6.45, 7) is 3.56. The van der Waals surface area contributed by atoms with Crippen molar-refractivity contribution in [1.29, 1.82) is 0 Å². The highest BCUT2D eigenvalue weighted by molar-refractivity contribution is 5.99. The van der Waals surface area contributed by atoms with Crippen LogP contribution in [0.1, 0.15) is 147 Å². The number of carboxylic acid groups (broad SMARTS) is 1. The topological polar surface area (TPSA) is 512 Å². The molecule has 4 aromatic rings. The van der Waals surface area contributed by atoms with Crippen LogP contribution in [0.2, 0.25) is 0 Å². The van der Waals surface area contributed by atoms with Crippen LogP contribution in [0.15, 0.2) is 72.2 Å². The number of aromatic nitrogens is 3. The molecule has 2 aromatic heterocycles. The number of carboxylic acids is 1. The summed E-state index contributed by atoms with van der Waals surface area (Å²) in [4.78, 5) is 184. The van der Waals surface area contributed by atoms with Crippen molar-refractivity contribution >= 4 is 87.8 Å². The van der Waals surface area contributed by atoms with E-state index in [4.69, 9.17) is 17.2 Å². The van der Waals surface area contributed by atoms with Crippen molar-refractivity contribution in [1.82, 2.24) is 67.7 Å². The highest BCUT2D eigenvalue weighted by atomic mass is 16.4. The van der Waals surface area contributed by atoms with Crippen molar-refractivity contribution in [2.75, 3.05) is 26.2 Å². The molecule has 3 heterocycles. The number of nitrogens with zero attached hydrogens (tertiary/aromatic N) is 3. The zero-order valence-corrected chi connectivity index (χ0v) is 58.1. The first-order chi connectivity index (χ1) is 48.8.